The largest absolute Gasteiger partial charge is 0.486 e. The van der Waals surface area contributed by atoms with E-state index in [9.17, 15) is 0 Å². The van der Waals surface area contributed by atoms with Crippen LogP contribution in [0.5, 0.6) is 11.5 Å². The molecule has 0 radical (unpaired) electrons. The van der Waals surface area contributed by atoms with Gasteiger partial charge in [0.25, 0.3) is 0 Å². The summed E-state index contributed by atoms with van der Waals surface area (Å²) < 4.78 is 10.9. The van der Waals surface area contributed by atoms with E-state index in [0.717, 1.165) is 23.6 Å². The quantitative estimate of drug-likeness (QED) is 0.797. The van der Waals surface area contributed by atoms with Crippen LogP contribution in [0.1, 0.15) is 12.5 Å². The van der Waals surface area contributed by atoms with E-state index in [2.05, 4.69) is 5.32 Å². The smallest absolute Gasteiger partial charge is 0.161 e. The van der Waals surface area contributed by atoms with E-state index < -0.39 is 0 Å². The van der Waals surface area contributed by atoms with Gasteiger partial charge in [-0.3, -0.25) is 0 Å². The van der Waals surface area contributed by atoms with E-state index in [1.807, 2.05) is 25.1 Å². The Kier molecular flexibility index (Phi) is 3.64. The maximum atomic E-state index is 8.90. The molecule has 0 saturated heterocycles. The zero-order chi connectivity index (χ0) is 11.4. The number of hydrogen-bond acceptors (Lipinski definition) is 4. The molecule has 2 rings (SSSR count). The standard InChI is InChI=1S/C12H17NO3/c1-9(8-14)13-7-10-2-3-11-12(6-10)16-5-4-15-11/h2-3,6,9,13-14H,4-5,7-8H2,1H3/t9-/m0/s1. The van der Waals surface area contributed by atoms with Gasteiger partial charge in [0.15, 0.2) is 11.5 Å². The zero-order valence-electron chi connectivity index (χ0n) is 9.40. The first kappa shape index (κ1) is 11.2. The maximum absolute atomic E-state index is 8.90. The summed E-state index contributed by atoms with van der Waals surface area (Å²) in [6.07, 6.45) is 0. The Morgan fingerprint density at radius 3 is 2.81 bits per heavy atom. The van der Waals surface area contributed by atoms with Gasteiger partial charge in [0.05, 0.1) is 6.61 Å². The predicted molar refractivity (Wildman–Crippen MR) is 60.8 cm³/mol. The van der Waals surface area contributed by atoms with Crippen molar-refractivity contribution in [3.63, 3.8) is 0 Å². The lowest BCUT2D eigenvalue weighted by molar-refractivity contribution is 0.171. The average molecular weight is 223 g/mol. The third-order valence-electron chi connectivity index (χ3n) is 2.54. The third kappa shape index (κ3) is 2.65. The molecule has 1 aromatic carbocycles. The van der Waals surface area contributed by atoms with Crippen molar-refractivity contribution in [2.45, 2.75) is 19.5 Å². The zero-order valence-corrected chi connectivity index (χ0v) is 9.40. The van der Waals surface area contributed by atoms with Gasteiger partial charge in [-0.25, -0.2) is 0 Å². The first-order valence-electron chi connectivity index (χ1n) is 5.52. The highest BCUT2D eigenvalue weighted by Crippen LogP contribution is 2.30. The van der Waals surface area contributed by atoms with Crippen LogP contribution in [-0.4, -0.2) is 31.0 Å². The molecule has 0 bridgehead atoms. The second-order valence-electron chi connectivity index (χ2n) is 3.94. The number of aliphatic hydroxyl groups is 1. The minimum absolute atomic E-state index is 0.105. The highest BCUT2D eigenvalue weighted by Gasteiger charge is 2.11. The van der Waals surface area contributed by atoms with Crippen LogP contribution < -0.4 is 14.8 Å². The molecule has 2 N–H and O–H groups in total. The van der Waals surface area contributed by atoms with Crippen LogP contribution >= 0.6 is 0 Å². The lowest BCUT2D eigenvalue weighted by atomic mass is 10.2. The molecule has 0 fully saturated rings. The number of fused-ring (bicyclic) bond motifs is 1. The number of aliphatic hydroxyl groups excluding tert-OH is 1. The summed E-state index contributed by atoms with van der Waals surface area (Å²) in [5.74, 6) is 1.62. The molecule has 1 aromatic rings. The Bertz CT molecular complexity index is 354. The van der Waals surface area contributed by atoms with E-state index in [1.165, 1.54) is 0 Å². The monoisotopic (exact) mass is 223 g/mol. The Balaban J connectivity index is 2.00. The third-order valence-corrected chi connectivity index (χ3v) is 2.54. The molecule has 0 aliphatic carbocycles. The molecule has 4 nitrogen and oxygen atoms in total. The molecule has 0 amide bonds. The summed E-state index contributed by atoms with van der Waals surface area (Å²) in [7, 11) is 0. The second-order valence-corrected chi connectivity index (χ2v) is 3.94. The minimum Gasteiger partial charge on any atom is -0.486 e. The number of hydrogen-bond donors (Lipinski definition) is 2. The molecule has 1 heterocycles. The van der Waals surface area contributed by atoms with Crippen LogP contribution in [0.3, 0.4) is 0 Å². The molecule has 4 heteroatoms. The fourth-order valence-corrected chi connectivity index (χ4v) is 1.55. The van der Waals surface area contributed by atoms with Crippen molar-refractivity contribution < 1.29 is 14.6 Å². The average Bonchev–Trinajstić information content (AvgIpc) is 2.35. The lowest BCUT2D eigenvalue weighted by Crippen LogP contribution is -2.28. The van der Waals surface area contributed by atoms with Gasteiger partial charge in [0.1, 0.15) is 13.2 Å². The van der Waals surface area contributed by atoms with Gasteiger partial charge >= 0.3 is 0 Å². The Morgan fingerprint density at radius 2 is 2.06 bits per heavy atom. The van der Waals surface area contributed by atoms with Crippen molar-refractivity contribution in [1.29, 1.82) is 0 Å². The van der Waals surface area contributed by atoms with E-state index >= 15 is 0 Å². The van der Waals surface area contributed by atoms with Crippen molar-refractivity contribution in [2.24, 2.45) is 0 Å². The summed E-state index contributed by atoms with van der Waals surface area (Å²) in [6, 6.07) is 6.01. The summed E-state index contributed by atoms with van der Waals surface area (Å²) in [6.45, 7) is 4.03. The lowest BCUT2D eigenvalue weighted by Gasteiger charge is -2.19. The van der Waals surface area contributed by atoms with E-state index in [0.29, 0.717) is 13.2 Å². The molecule has 0 saturated carbocycles. The summed E-state index contributed by atoms with van der Waals surface area (Å²) in [5.41, 5.74) is 1.13. The molecular formula is C12H17NO3. The van der Waals surface area contributed by atoms with Gasteiger partial charge in [0, 0.05) is 12.6 Å². The normalized spacial score (nSPS) is 15.9. The van der Waals surface area contributed by atoms with Gasteiger partial charge in [-0.2, -0.15) is 0 Å². The van der Waals surface area contributed by atoms with Crippen molar-refractivity contribution in [2.75, 3.05) is 19.8 Å². The first-order chi connectivity index (χ1) is 7.79. The van der Waals surface area contributed by atoms with Gasteiger partial charge in [0.2, 0.25) is 0 Å². The van der Waals surface area contributed by atoms with Crippen LogP contribution in [0, 0.1) is 0 Å². The fraction of sp³-hybridized carbons (Fsp3) is 0.500. The van der Waals surface area contributed by atoms with Crippen LogP contribution in [0.4, 0.5) is 0 Å². The SMILES string of the molecule is C[C@@H](CO)NCc1ccc2c(c1)OCCO2. The molecule has 1 aliphatic heterocycles. The van der Waals surface area contributed by atoms with Gasteiger partial charge in [-0.05, 0) is 24.6 Å². The predicted octanol–water partition coefficient (Wildman–Crippen LogP) is 0.928. The summed E-state index contributed by atoms with van der Waals surface area (Å²) >= 11 is 0. The minimum atomic E-state index is 0.105. The number of rotatable bonds is 4. The highest BCUT2D eigenvalue weighted by atomic mass is 16.6. The topological polar surface area (TPSA) is 50.7 Å². The molecule has 0 aromatic heterocycles. The molecule has 1 atom stereocenters. The molecule has 1 aliphatic rings. The van der Waals surface area contributed by atoms with E-state index in [4.69, 9.17) is 14.6 Å². The second kappa shape index (κ2) is 5.18. The van der Waals surface area contributed by atoms with E-state index in [1.54, 1.807) is 0 Å². The van der Waals surface area contributed by atoms with Crippen LogP contribution in [0.2, 0.25) is 0 Å². The van der Waals surface area contributed by atoms with Gasteiger partial charge < -0.3 is 19.9 Å². The molecular weight excluding hydrogens is 206 g/mol. The Hall–Kier alpha value is -1.26. The van der Waals surface area contributed by atoms with Crippen molar-refractivity contribution in [3.8, 4) is 11.5 Å². The van der Waals surface area contributed by atoms with Crippen molar-refractivity contribution >= 4 is 0 Å². The summed E-state index contributed by atoms with van der Waals surface area (Å²) in [5, 5.41) is 12.1. The summed E-state index contributed by atoms with van der Waals surface area (Å²) in [4.78, 5) is 0. The Morgan fingerprint density at radius 1 is 1.31 bits per heavy atom. The maximum Gasteiger partial charge on any atom is 0.161 e. The number of nitrogens with one attached hydrogen (secondary N) is 1. The molecule has 0 unspecified atom stereocenters. The molecule has 88 valence electrons. The fourth-order valence-electron chi connectivity index (χ4n) is 1.55. The number of ether oxygens (including phenoxy) is 2. The van der Waals surface area contributed by atoms with Crippen LogP contribution in [0.25, 0.3) is 0 Å². The van der Waals surface area contributed by atoms with Crippen molar-refractivity contribution in [1.82, 2.24) is 5.32 Å². The number of benzene rings is 1. The van der Waals surface area contributed by atoms with Crippen LogP contribution in [0.15, 0.2) is 18.2 Å². The van der Waals surface area contributed by atoms with E-state index in [-0.39, 0.29) is 12.6 Å². The van der Waals surface area contributed by atoms with Gasteiger partial charge in [-0.1, -0.05) is 6.07 Å². The van der Waals surface area contributed by atoms with Gasteiger partial charge in [-0.15, -0.1) is 0 Å². The molecule has 16 heavy (non-hydrogen) atoms. The highest BCUT2D eigenvalue weighted by molar-refractivity contribution is 5.43. The van der Waals surface area contributed by atoms with Crippen LogP contribution in [-0.2, 0) is 6.54 Å². The Labute approximate surface area is 95.2 Å². The first-order valence-corrected chi connectivity index (χ1v) is 5.52. The van der Waals surface area contributed by atoms with Crippen molar-refractivity contribution in [3.05, 3.63) is 23.8 Å². The molecule has 0 spiro atoms.